The van der Waals surface area contributed by atoms with Crippen LogP contribution in [0.25, 0.3) is 0 Å². The highest BCUT2D eigenvalue weighted by Gasteiger charge is 2.19. The van der Waals surface area contributed by atoms with E-state index in [9.17, 15) is 4.79 Å². The van der Waals surface area contributed by atoms with Gasteiger partial charge in [-0.25, -0.2) is 4.79 Å². The number of carbonyl (C=O) groups excluding carboxylic acids is 1. The fraction of sp³-hybridized carbons (Fsp3) is 0.455. The van der Waals surface area contributed by atoms with Crippen LogP contribution < -0.4 is 10.6 Å². The van der Waals surface area contributed by atoms with E-state index in [1.807, 2.05) is 12.2 Å². The van der Waals surface area contributed by atoms with Gasteiger partial charge < -0.3 is 14.9 Å². The number of aliphatic hydroxyl groups is 1. The van der Waals surface area contributed by atoms with Crippen molar-refractivity contribution in [3.8, 4) is 0 Å². The summed E-state index contributed by atoms with van der Waals surface area (Å²) < 4.78 is 4.86. The van der Waals surface area contributed by atoms with Crippen molar-refractivity contribution in [1.29, 1.82) is 0 Å². The van der Waals surface area contributed by atoms with Gasteiger partial charge in [0, 0.05) is 24.6 Å². The van der Waals surface area contributed by atoms with E-state index in [-0.39, 0.29) is 24.6 Å². The Labute approximate surface area is 98.7 Å². The molecule has 92 valence electrons. The molecule has 6 heteroatoms. The monoisotopic (exact) mass is 237 g/mol. The van der Waals surface area contributed by atoms with E-state index in [0.29, 0.717) is 11.6 Å². The van der Waals surface area contributed by atoms with Crippen LogP contribution in [-0.4, -0.2) is 28.9 Å². The first-order valence-corrected chi connectivity index (χ1v) is 5.47. The lowest BCUT2D eigenvalue weighted by molar-refractivity contribution is 0.238. The Balaban J connectivity index is 1.80. The predicted octanol–water partition coefficient (Wildman–Crippen LogP) is 1.04. The van der Waals surface area contributed by atoms with Crippen LogP contribution in [-0.2, 0) is 0 Å². The van der Waals surface area contributed by atoms with Crippen molar-refractivity contribution in [2.75, 3.05) is 11.9 Å². The Morgan fingerprint density at radius 3 is 3.06 bits per heavy atom. The van der Waals surface area contributed by atoms with Crippen molar-refractivity contribution in [1.82, 2.24) is 10.5 Å². The molecule has 0 fully saturated rings. The molecule has 0 saturated heterocycles. The molecule has 0 saturated carbocycles. The summed E-state index contributed by atoms with van der Waals surface area (Å²) in [6.45, 7) is 1.88. The number of nitrogens with zero attached hydrogens (tertiary/aromatic N) is 1. The minimum absolute atomic E-state index is 0.0452. The van der Waals surface area contributed by atoms with Crippen molar-refractivity contribution in [2.45, 2.75) is 19.4 Å². The van der Waals surface area contributed by atoms with E-state index in [2.05, 4.69) is 15.8 Å². The first-order chi connectivity index (χ1) is 8.17. The molecule has 0 spiro atoms. The summed E-state index contributed by atoms with van der Waals surface area (Å²) in [6, 6.07) is 1.26. The van der Waals surface area contributed by atoms with Gasteiger partial charge in [-0.05, 0) is 13.3 Å². The van der Waals surface area contributed by atoms with E-state index >= 15 is 0 Å². The fourth-order valence-corrected chi connectivity index (χ4v) is 1.76. The highest BCUT2D eigenvalue weighted by atomic mass is 16.5. The number of rotatable bonds is 3. The van der Waals surface area contributed by atoms with Crippen LogP contribution in [0.2, 0.25) is 0 Å². The number of anilines is 1. The van der Waals surface area contributed by atoms with Gasteiger partial charge in [0.05, 0.1) is 5.69 Å². The van der Waals surface area contributed by atoms with Crippen LogP contribution in [0.3, 0.4) is 0 Å². The molecule has 2 rings (SSSR count). The van der Waals surface area contributed by atoms with Crippen molar-refractivity contribution < 1.29 is 14.4 Å². The molecule has 0 unspecified atom stereocenters. The van der Waals surface area contributed by atoms with Gasteiger partial charge in [-0.15, -0.1) is 0 Å². The van der Waals surface area contributed by atoms with Gasteiger partial charge in [0.2, 0.25) is 5.88 Å². The summed E-state index contributed by atoms with van der Waals surface area (Å²) in [5.74, 6) is 0.452. The summed E-state index contributed by atoms with van der Waals surface area (Å²) in [5, 5.41) is 17.9. The molecular weight excluding hydrogens is 222 g/mol. The van der Waals surface area contributed by atoms with Crippen LogP contribution in [0.1, 0.15) is 12.1 Å². The summed E-state index contributed by atoms with van der Waals surface area (Å²) in [5.41, 5.74) is 0.710. The van der Waals surface area contributed by atoms with Gasteiger partial charge in [-0.3, -0.25) is 5.32 Å². The Kier molecular flexibility index (Phi) is 3.43. The van der Waals surface area contributed by atoms with Gasteiger partial charge >= 0.3 is 6.03 Å². The van der Waals surface area contributed by atoms with Crippen molar-refractivity contribution in [3.05, 3.63) is 23.9 Å². The number of aromatic nitrogens is 1. The van der Waals surface area contributed by atoms with Crippen molar-refractivity contribution in [2.24, 2.45) is 5.92 Å². The van der Waals surface area contributed by atoms with Crippen LogP contribution in [0, 0.1) is 12.8 Å². The Morgan fingerprint density at radius 1 is 1.65 bits per heavy atom. The molecule has 0 bridgehead atoms. The second-order valence-corrected chi connectivity index (χ2v) is 4.10. The minimum Gasteiger partial charge on any atom is -0.396 e. The average molecular weight is 237 g/mol. The summed E-state index contributed by atoms with van der Waals surface area (Å²) in [4.78, 5) is 11.6. The number of aryl methyl sites for hydroxylation is 1. The fourth-order valence-electron chi connectivity index (χ4n) is 1.76. The molecule has 0 radical (unpaired) electrons. The van der Waals surface area contributed by atoms with E-state index in [1.54, 1.807) is 13.0 Å². The summed E-state index contributed by atoms with van der Waals surface area (Å²) in [6.07, 6.45) is 4.51. The first-order valence-electron chi connectivity index (χ1n) is 5.47. The number of hydrogen-bond acceptors (Lipinski definition) is 4. The molecular formula is C11H15N3O3. The topological polar surface area (TPSA) is 87.4 Å². The quantitative estimate of drug-likeness (QED) is 0.685. The van der Waals surface area contributed by atoms with Crippen molar-refractivity contribution >= 4 is 11.9 Å². The van der Waals surface area contributed by atoms with Crippen molar-refractivity contribution in [3.63, 3.8) is 0 Å². The summed E-state index contributed by atoms with van der Waals surface area (Å²) in [7, 11) is 0. The largest absolute Gasteiger partial charge is 0.396 e. The van der Waals surface area contributed by atoms with Crippen LogP contribution in [0.15, 0.2) is 22.7 Å². The van der Waals surface area contributed by atoms with Crippen LogP contribution in [0.5, 0.6) is 0 Å². The van der Waals surface area contributed by atoms with Gasteiger partial charge in [-0.2, -0.15) is 0 Å². The van der Waals surface area contributed by atoms with Gasteiger partial charge in [0.25, 0.3) is 0 Å². The molecule has 1 heterocycles. The Bertz CT molecular complexity index is 427. The predicted molar refractivity (Wildman–Crippen MR) is 61.5 cm³/mol. The number of amides is 2. The minimum atomic E-state index is -0.339. The normalized spacial score (nSPS) is 22.7. The van der Waals surface area contributed by atoms with E-state index in [4.69, 9.17) is 9.63 Å². The molecule has 17 heavy (non-hydrogen) atoms. The SMILES string of the molecule is Cc1cc(NC(=O)N[C@@H]2C=C[C@H](CO)C2)on1. The Hall–Kier alpha value is -1.82. The maximum atomic E-state index is 11.6. The molecule has 0 aliphatic heterocycles. The number of urea groups is 1. The highest BCUT2D eigenvalue weighted by Crippen LogP contribution is 2.17. The molecule has 0 aromatic carbocycles. The lowest BCUT2D eigenvalue weighted by Gasteiger charge is -2.12. The second-order valence-electron chi connectivity index (χ2n) is 4.10. The number of nitrogens with one attached hydrogen (secondary N) is 2. The molecule has 6 nitrogen and oxygen atoms in total. The van der Waals surface area contributed by atoms with Gasteiger partial charge in [-0.1, -0.05) is 17.3 Å². The second kappa shape index (κ2) is 5.01. The first kappa shape index (κ1) is 11.7. The number of aliphatic hydroxyl groups excluding tert-OH is 1. The third kappa shape index (κ3) is 3.07. The lowest BCUT2D eigenvalue weighted by atomic mass is 10.1. The van der Waals surface area contributed by atoms with E-state index in [0.717, 1.165) is 6.42 Å². The zero-order valence-corrected chi connectivity index (χ0v) is 9.51. The lowest BCUT2D eigenvalue weighted by Crippen LogP contribution is -2.36. The third-order valence-electron chi connectivity index (χ3n) is 2.59. The molecule has 1 aromatic rings. The molecule has 1 aromatic heterocycles. The molecule has 1 aliphatic rings. The van der Waals surface area contributed by atoms with E-state index < -0.39 is 0 Å². The maximum Gasteiger partial charge on any atom is 0.322 e. The molecule has 3 N–H and O–H groups in total. The zero-order valence-electron chi connectivity index (χ0n) is 9.51. The smallest absolute Gasteiger partial charge is 0.322 e. The van der Waals surface area contributed by atoms with Gasteiger partial charge in [0.1, 0.15) is 0 Å². The van der Waals surface area contributed by atoms with Crippen LogP contribution in [0.4, 0.5) is 10.7 Å². The number of carbonyl (C=O) groups is 1. The molecule has 1 aliphatic carbocycles. The van der Waals surface area contributed by atoms with Crippen LogP contribution >= 0.6 is 0 Å². The average Bonchev–Trinajstić information content (AvgIpc) is 2.88. The zero-order chi connectivity index (χ0) is 12.3. The van der Waals surface area contributed by atoms with Gasteiger partial charge in [0.15, 0.2) is 0 Å². The Morgan fingerprint density at radius 2 is 2.47 bits per heavy atom. The van der Waals surface area contributed by atoms with E-state index in [1.165, 1.54) is 0 Å². The maximum absolute atomic E-state index is 11.6. The molecule has 2 atom stereocenters. The third-order valence-corrected chi connectivity index (χ3v) is 2.59. The highest BCUT2D eigenvalue weighted by molar-refractivity contribution is 5.88. The summed E-state index contributed by atoms with van der Waals surface area (Å²) >= 11 is 0. The molecule has 2 amide bonds. The standard InChI is InChI=1S/C11H15N3O3/c1-7-4-10(17-14-7)13-11(16)12-9-3-2-8(5-9)6-15/h2-4,8-9,15H,5-6H2,1H3,(H2,12,13,16)/t8-,9+/m0/s1. The number of hydrogen-bond donors (Lipinski definition) is 3.